The van der Waals surface area contributed by atoms with E-state index in [4.69, 9.17) is 10.5 Å². The predicted molar refractivity (Wildman–Crippen MR) is 74.1 cm³/mol. The third-order valence-corrected chi connectivity index (χ3v) is 3.46. The van der Waals surface area contributed by atoms with Crippen molar-refractivity contribution in [2.24, 2.45) is 5.73 Å². The maximum Gasteiger partial charge on any atom is 0.312 e. The highest BCUT2D eigenvalue weighted by atomic mass is 16.5. The maximum atomic E-state index is 11.9. The van der Waals surface area contributed by atoms with Gasteiger partial charge in [0.2, 0.25) is 0 Å². The molecule has 0 spiro atoms. The minimum Gasteiger partial charge on any atom is -0.497 e. The Morgan fingerprint density at radius 3 is 2.75 bits per heavy atom. The highest BCUT2D eigenvalue weighted by molar-refractivity contribution is 6.35. The molecular weight excluding hydrogens is 258 g/mol. The van der Waals surface area contributed by atoms with Crippen molar-refractivity contribution in [2.75, 3.05) is 33.8 Å². The summed E-state index contributed by atoms with van der Waals surface area (Å²) in [6.07, 6.45) is 0. The van der Waals surface area contributed by atoms with Crippen LogP contribution in [0.5, 0.6) is 5.75 Å². The molecule has 1 saturated heterocycles. The Labute approximate surface area is 118 Å². The molecule has 0 aliphatic carbocycles. The van der Waals surface area contributed by atoms with Gasteiger partial charge in [0.05, 0.1) is 7.11 Å². The molecule has 0 aromatic heterocycles. The van der Waals surface area contributed by atoms with Crippen molar-refractivity contribution >= 4 is 11.8 Å². The largest absolute Gasteiger partial charge is 0.497 e. The van der Waals surface area contributed by atoms with Crippen molar-refractivity contribution in [1.82, 2.24) is 9.80 Å². The van der Waals surface area contributed by atoms with E-state index in [2.05, 4.69) is 0 Å². The van der Waals surface area contributed by atoms with Crippen LogP contribution in [0.3, 0.4) is 0 Å². The second-order valence-electron chi connectivity index (χ2n) is 4.86. The molecule has 1 atom stereocenters. The number of amides is 2. The number of carbonyl (C=O) groups is 2. The van der Waals surface area contributed by atoms with Crippen molar-refractivity contribution in [3.05, 3.63) is 29.8 Å². The number of nitrogens with zero attached hydrogens (tertiary/aromatic N) is 2. The molecule has 1 aromatic carbocycles. The summed E-state index contributed by atoms with van der Waals surface area (Å²) in [6.45, 7) is 1.37. The highest BCUT2D eigenvalue weighted by Crippen LogP contribution is 2.19. The second-order valence-corrected chi connectivity index (χ2v) is 4.86. The van der Waals surface area contributed by atoms with Crippen molar-refractivity contribution < 1.29 is 14.3 Å². The van der Waals surface area contributed by atoms with Crippen LogP contribution in [-0.4, -0.2) is 55.4 Å². The van der Waals surface area contributed by atoms with E-state index < -0.39 is 11.8 Å². The summed E-state index contributed by atoms with van der Waals surface area (Å²) in [5.74, 6) is -0.245. The lowest BCUT2D eigenvalue weighted by Crippen LogP contribution is -2.54. The molecule has 2 rings (SSSR count). The lowest BCUT2D eigenvalue weighted by molar-refractivity contribution is -0.155. The van der Waals surface area contributed by atoms with E-state index >= 15 is 0 Å². The van der Waals surface area contributed by atoms with Gasteiger partial charge in [-0.3, -0.25) is 9.59 Å². The van der Waals surface area contributed by atoms with E-state index in [9.17, 15) is 9.59 Å². The van der Waals surface area contributed by atoms with Crippen molar-refractivity contribution in [1.29, 1.82) is 0 Å². The van der Waals surface area contributed by atoms with E-state index in [0.717, 1.165) is 11.3 Å². The second kappa shape index (κ2) is 5.92. The topological polar surface area (TPSA) is 75.9 Å². The molecule has 1 heterocycles. The summed E-state index contributed by atoms with van der Waals surface area (Å²) in [7, 11) is 3.22. The molecule has 1 aliphatic rings. The summed E-state index contributed by atoms with van der Waals surface area (Å²) in [5.41, 5.74) is 7.00. The molecule has 20 heavy (non-hydrogen) atoms. The monoisotopic (exact) mass is 277 g/mol. The smallest absolute Gasteiger partial charge is 0.312 e. The molecule has 2 N–H and O–H groups in total. The van der Waals surface area contributed by atoms with Crippen LogP contribution in [0.1, 0.15) is 11.6 Å². The van der Waals surface area contributed by atoms with E-state index in [1.165, 1.54) is 9.80 Å². The van der Waals surface area contributed by atoms with Crippen molar-refractivity contribution in [3.8, 4) is 5.75 Å². The van der Waals surface area contributed by atoms with Gasteiger partial charge in [-0.15, -0.1) is 0 Å². The molecule has 6 heteroatoms. The van der Waals surface area contributed by atoms with Gasteiger partial charge in [-0.2, -0.15) is 0 Å². The molecule has 1 unspecified atom stereocenters. The van der Waals surface area contributed by atoms with Gasteiger partial charge < -0.3 is 20.3 Å². The van der Waals surface area contributed by atoms with Crippen LogP contribution in [-0.2, 0) is 9.59 Å². The molecule has 1 aromatic rings. The van der Waals surface area contributed by atoms with Crippen molar-refractivity contribution in [3.63, 3.8) is 0 Å². The minimum absolute atomic E-state index is 0.325. The summed E-state index contributed by atoms with van der Waals surface area (Å²) in [6, 6.07) is 7.07. The third kappa shape index (κ3) is 2.91. The number of carbonyl (C=O) groups excluding carboxylic acids is 2. The molecule has 1 fully saturated rings. The van der Waals surface area contributed by atoms with Crippen LogP contribution < -0.4 is 10.5 Å². The molecular formula is C14H19N3O3. The Morgan fingerprint density at radius 1 is 1.30 bits per heavy atom. The number of piperazine rings is 1. The molecule has 1 aliphatic heterocycles. The maximum absolute atomic E-state index is 11.9. The quantitative estimate of drug-likeness (QED) is 0.786. The van der Waals surface area contributed by atoms with Gasteiger partial charge in [-0.25, -0.2) is 0 Å². The summed E-state index contributed by atoms with van der Waals surface area (Å²) in [5, 5.41) is 0. The van der Waals surface area contributed by atoms with Gasteiger partial charge >= 0.3 is 11.8 Å². The molecule has 0 radical (unpaired) electrons. The number of hydrogen-bond acceptors (Lipinski definition) is 4. The van der Waals surface area contributed by atoms with Crippen LogP contribution in [0.15, 0.2) is 24.3 Å². The fourth-order valence-corrected chi connectivity index (χ4v) is 2.16. The third-order valence-electron chi connectivity index (χ3n) is 3.46. The Hall–Kier alpha value is -2.08. The lowest BCUT2D eigenvalue weighted by atomic mass is 10.1. The number of hydrogen-bond donors (Lipinski definition) is 1. The number of ether oxygens (including phenoxy) is 1. The average Bonchev–Trinajstić information content (AvgIpc) is 2.48. The van der Waals surface area contributed by atoms with E-state index in [0.29, 0.717) is 19.6 Å². The van der Waals surface area contributed by atoms with Crippen LogP contribution in [0.25, 0.3) is 0 Å². The average molecular weight is 277 g/mol. The first-order valence-corrected chi connectivity index (χ1v) is 6.47. The van der Waals surface area contributed by atoms with Gasteiger partial charge in [-0.1, -0.05) is 12.1 Å². The van der Waals surface area contributed by atoms with Gasteiger partial charge in [0.15, 0.2) is 0 Å². The Balaban J connectivity index is 2.05. The normalized spacial score (nSPS) is 17.4. The first-order chi connectivity index (χ1) is 9.52. The molecule has 108 valence electrons. The first kappa shape index (κ1) is 14.3. The van der Waals surface area contributed by atoms with Gasteiger partial charge in [0, 0.05) is 32.7 Å². The summed E-state index contributed by atoms with van der Waals surface area (Å²) >= 11 is 0. The highest BCUT2D eigenvalue weighted by Gasteiger charge is 2.31. The van der Waals surface area contributed by atoms with Crippen LogP contribution in [0.2, 0.25) is 0 Å². The standard InChI is InChI=1S/C14H19N3O3/c1-16-6-7-17(14(19)13(16)18)9-12(15)10-4-3-5-11(8-10)20-2/h3-5,8,12H,6-7,9,15H2,1-2H3. The first-order valence-electron chi connectivity index (χ1n) is 6.47. The summed E-state index contributed by atoms with van der Waals surface area (Å²) in [4.78, 5) is 26.4. The predicted octanol–water partition coefficient (Wildman–Crippen LogP) is -0.00440. The van der Waals surface area contributed by atoms with Crippen molar-refractivity contribution in [2.45, 2.75) is 6.04 Å². The number of likely N-dealkylation sites (N-methyl/N-ethyl adjacent to an activating group) is 1. The van der Waals surface area contributed by atoms with E-state index in [-0.39, 0.29) is 6.04 Å². The number of methoxy groups -OCH3 is 1. The van der Waals surface area contributed by atoms with Gasteiger partial charge in [-0.05, 0) is 17.7 Å². The Morgan fingerprint density at radius 2 is 2.05 bits per heavy atom. The fraction of sp³-hybridized carbons (Fsp3) is 0.429. The fourth-order valence-electron chi connectivity index (χ4n) is 2.16. The number of rotatable bonds is 4. The molecule has 0 saturated carbocycles. The van der Waals surface area contributed by atoms with Gasteiger partial charge in [0.1, 0.15) is 5.75 Å². The Kier molecular flexibility index (Phi) is 4.24. The Bertz CT molecular complexity index is 518. The summed E-state index contributed by atoms with van der Waals surface area (Å²) < 4.78 is 5.15. The zero-order valence-electron chi connectivity index (χ0n) is 11.7. The molecule has 6 nitrogen and oxygen atoms in total. The zero-order chi connectivity index (χ0) is 14.7. The molecule has 2 amide bonds. The number of benzene rings is 1. The van der Waals surface area contributed by atoms with Crippen LogP contribution in [0, 0.1) is 0 Å². The lowest BCUT2D eigenvalue weighted by Gasteiger charge is -2.33. The minimum atomic E-state index is -0.489. The number of nitrogens with two attached hydrogens (primary N) is 1. The van der Waals surface area contributed by atoms with E-state index in [1.54, 1.807) is 14.2 Å². The van der Waals surface area contributed by atoms with Crippen LogP contribution >= 0.6 is 0 Å². The van der Waals surface area contributed by atoms with Crippen LogP contribution in [0.4, 0.5) is 0 Å². The molecule has 0 bridgehead atoms. The van der Waals surface area contributed by atoms with E-state index in [1.807, 2.05) is 24.3 Å². The zero-order valence-corrected chi connectivity index (χ0v) is 11.7. The SMILES string of the molecule is COc1cccc(C(N)CN2CCN(C)C(=O)C2=O)c1. The van der Waals surface area contributed by atoms with Gasteiger partial charge in [0.25, 0.3) is 0 Å².